The Balaban J connectivity index is 2.23. The third kappa shape index (κ3) is 3.08. The number of piperidine rings is 1. The van der Waals surface area contributed by atoms with E-state index >= 15 is 0 Å². The van der Waals surface area contributed by atoms with Crippen LogP contribution in [0.3, 0.4) is 0 Å². The Hall–Kier alpha value is -2.15. The highest BCUT2D eigenvalue weighted by Crippen LogP contribution is 2.37. The van der Waals surface area contributed by atoms with Crippen molar-refractivity contribution < 1.29 is 28.9 Å². The number of hydrogen-bond acceptors (Lipinski definition) is 4. The molecule has 0 radical (unpaired) electrons. The van der Waals surface area contributed by atoms with E-state index in [4.69, 9.17) is 4.74 Å². The normalized spacial score (nSPS) is 23.8. The van der Waals surface area contributed by atoms with E-state index in [1.807, 2.05) is 6.92 Å². The van der Waals surface area contributed by atoms with E-state index in [1.165, 1.54) is 30.2 Å². The van der Waals surface area contributed by atoms with Crippen molar-refractivity contribution in [2.75, 3.05) is 20.2 Å². The van der Waals surface area contributed by atoms with Crippen LogP contribution >= 0.6 is 0 Å². The number of carboxylic acids is 1. The molecular formula is C17H22FNO5. The number of aliphatic carboxylic acids is 1. The SMILES string of the molecule is CCC[C@]1(C(=O)O)CCN(C(=O)c2cccc(F)c2OC)C[C@@H]1O. The summed E-state index contributed by atoms with van der Waals surface area (Å²) in [6.07, 6.45) is -0.0583. The molecule has 24 heavy (non-hydrogen) atoms. The number of halogens is 1. The number of benzene rings is 1. The molecule has 1 aromatic carbocycles. The van der Waals surface area contributed by atoms with Crippen molar-refractivity contribution >= 4 is 11.9 Å². The molecule has 2 rings (SSSR count). The van der Waals surface area contributed by atoms with E-state index in [9.17, 15) is 24.2 Å². The number of β-amino-alcohol motifs (C(OH)–C–C–N with tert-alkyl or cyclic N) is 1. The van der Waals surface area contributed by atoms with Crippen molar-refractivity contribution in [3.8, 4) is 5.75 Å². The van der Waals surface area contributed by atoms with Gasteiger partial charge in [0.1, 0.15) is 0 Å². The van der Waals surface area contributed by atoms with Gasteiger partial charge in [-0.1, -0.05) is 19.4 Å². The molecular weight excluding hydrogens is 317 g/mol. The highest BCUT2D eigenvalue weighted by Gasteiger charge is 2.48. The second-order valence-electron chi connectivity index (χ2n) is 6.05. The Morgan fingerprint density at radius 2 is 2.17 bits per heavy atom. The highest BCUT2D eigenvalue weighted by atomic mass is 19.1. The van der Waals surface area contributed by atoms with Gasteiger partial charge in [-0.25, -0.2) is 4.39 Å². The van der Waals surface area contributed by atoms with Crippen molar-refractivity contribution in [2.45, 2.75) is 32.3 Å². The van der Waals surface area contributed by atoms with Gasteiger partial charge in [0.15, 0.2) is 11.6 Å². The molecule has 0 unspecified atom stereocenters. The molecule has 1 aliphatic heterocycles. The van der Waals surface area contributed by atoms with Gasteiger partial charge in [0, 0.05) is 13.1 Å². The van der Waals surface area contributed by atoms with Crippen LogP contribution in [-0.4, -0.2) is 53.3 Å². The van der Waals surface area contributed by atoms with Gasteiger partial charge in [0.05, 0.1) is 24.2 Å². The second kappa shape index (κ2) is 7.17. The maximum absolute atomic E-state index is 13.8. The first kappa shape index (κ1) is 18.2. The van der Waals surface area contributed by atoms with Crippen LogP contribution in [0.1, 0.15) is 36.5 Å². The summed E-state index contributed by atoms with van der Waals surface area (Å²) in [5, 5.41) is 19.9. The smallest absolute Gasteiger partial charge is 0.312 e. The van der Waals surface area contributed by atoms with Crippen LogP contribution in [0, 0.1) is 11.2 Å². The Morgan fingerprint density at radius 3 is 2.71 bits per heavy atom. The van der Waals surface area contributed by atoms with Gasteiger partial charge in [0.2, 0.25) is 0 Å². The zero-order valence-electron chi connectivity index (χ0n) is 13.8. The van der Waals surface area contributed by atoms with Crippen molar-refractivity contribution in [1.82, 2.24) is 4.90 Å². The van der Waals surface area contributed by atoms with E-state index in [1.54, 1.807) is 0 Å². The van der Waals surface area contributed by atoms with E-state index in [-0.39, 0.29) is 30.8 Å². The average molecular weight is 339 g/mol. The fraction of sp³-hybridized carbons (Fsp3) is 0.529. The molecule has 1 heterocycles. The minimum Gasteiger partial charge on any atom is -0.493 e. The number of carboxylic acid groups (broad SMARTS) is 1. The summed E-state index contributed by atoms with van der Waals surface area (Å²) in [7, 11) is 1.27. The zero-order valence-corrected chi connectivity index (χ0v) is 13.8. The Bertz CT molecular complexity index is 635. The molecule has 0 aromatic heterocycles. The van der Waals surface area contributed by atoms with E-state index < -0.39 is 29.2 Å². The number of para-hydroxylation sites is 1. The lowest BCUT2D eigenvalue weighted by molar-refractivity contribution is -0.162. The monoisotopic (exact) mass is 339 g/mol. The number of amides is 1. The summed E-state index contributed by atoms with van der Waals surface area (Å²) in [6, 6.07) is 4.04. The summed E-state index contributed by atoms with van der Waals surface area (Å²) in [5.74, 6) is -2.33. The van der Waals surface area contributed by atoms with Crippen molar-refractivity contribution in [1.29, 1.82) is 0 Å². The largest absolute Gasteiger partial charge is 0.493 e. The molecule has 1 aliphatic rings. The van der Waals surface area contributed by atoms with E-state index in [0.29, 0.717) is 12.8 Å². The fourth-order valence-corrected chi connectivity index (χ4v) is 3.31. The van der Waals surface area contributed by atoms with Gasteiger partial charge in [-0.2, -0.15) is 0 Å². The molecule has 1 amide bonds. The molecule has 0 bridgehead atoms. The number of aliphatic hydroxyl groups excluding tert-OH is 1. The Kier molecular flexibility index (Phi) is 5.43. The van der Waals surface area contributed by atoms with Gasteiger partial charge in [-0.15, -0.1) is 0 Å². The van der Waals surface area contributed by atoms with Crippen LogP contribution < -0.4 is 4.74 Å². The number of likely N-dealkylation sites (tertiary alicyclic amines) is 1. The summed E-state index contributed by atoms with van der Waals surface area (Å²) in [5.41, 5.74) is -1.18. The lowest BCUT2D eigenvalue weighted by Gasteiger charge is -2.42. The molecule has 6 nitrogen and oxygen atoms in total. The summed E-state index contributed by atoms with van der Waals surface area (Å²) in [6.45, 7) is 1.93. The molecule has 0 saturated carbocycles. The van der Waals surface area contributed by atoms with Crippen LogP contribution in [0.15, 0.2) is 18.2 Å². The van der Waals surface area contributed by atoms with Gasteiger partial charge >= 0.3 is 5.97 Å². The number of rotatable bonds is 5. The lowest BCUT2D eigenvalue weighted by Crippen LogP contribution is -2.56. The number of carbonyl (C=O) groups excluding carboxylic acids is 1. The topological polar surface area (TPSA) is 87.1 Å². The maximum atomic E-state index is 13.8. The number of hydrogen-bond donors (Lipinski definition) is 2. The van der Waals surface area contributed by atoms with Crippen LogP contribution in [0.5, 0.6) is 5.75 Å². The van der Waals surface area contributed by atoms with Crippen molar-refractivity contribution in [2.24, 2.45) is 5.41 Å². The van der Waals surface area contributed by atoms with E-state index in [0.717, 1.165) is 0 Å². The molecule has 132 valence electrons. The van der Waals surface area contributed by atoms with Crippen LogP contribution in [0.2, 0.25) is 0 Å². The predicted octanol–water partition coefficient (Wildman–Crippen LogP) is 1.91. The van der Waals surface area contributed by atoms with Crippen LogP contribution in [0.25, 0.3) is 0 Å². The number of ether oxygens (including phenoxy) is 1. The van der Waals surface area contributed by atoms with E-state index in [2.05, 4.69) is 0 Å². The number of carbonyl (C=O) groups is 2. The molecule has 2 N–H and O–H groups in total. The molecule has 1 fully saturated rings. The van der Waals surface area contributed by atoms with Crippen LogP contribution in [-0.2, 0) is 4.79 Å². The fourth-order valence-electron chi connectivity index (χ4n) is 3.31. The molecule has 0 aliphatic carbocycles. The molecule has 2 atom stereocenters. The quantitative estimate of drug-likeness (QED) is 0.856. The maximum Gasteiger partial charge on any atom is 0.312 e. The van der Waals surface area contributed by atoms with Gasteiger partial charge in [0.25, 0.3) is 5.91 Å². The first-order chi connectivity index (χ1) is 11.4. The lowest BCUT2D eigenvalue weighted by atomic mass is 9.72. The number of methoxy groups -OCH3 is 1. The number of aliphatic hydroxyl groups is 1. The zero-order chi connectivity index (χ0) is 17.9. The second-order valence-corrected chi connectivity index (χ2v) is 6.05. The molecule has 7 heteroatoms. The molecule has 1 aromatic rings. The average Bonchev–Trinajstić information content (AvgIpc) is 2.55. The third-order valence-corrected chi connectivity index (χ3v) is 4.67. The first-order valence-corrected chi connectivity index (χ1v) is 7.90. The van der Waals surface area contributed by atoms with Gasteiger partial charge in [-0.05, 0) is 25.0 Å². The van der Waals surface area contributed by atoms with Gasteiger partial charge in [-0.3, -0.25) is 9.59 Å². The minimum absolute atomic E-state index is 0.0583. The minimum atomic E-state index is -1.24. The Labute approximate surface area is 139 Å². The highest BCUT2D eigenvalue weighted by molar-refractivity contribution is 5.97. The number of nitrogens with zero attached hydrogens (tertiary/aromatic N) is 1. The van der Waals surface area contributed by atoms with Gasteiger partial charge < -0.3 is 19.8 Å². The van der Waals surface area contributed by atoms with Crippen molar-refractivity contribution in [3.63, 3.8) is 0 Å². The Morgan fingerprint density at radius 1 is 1.46 bits per heavy atom. The summed E-state index contributed by atoms with van der Waals surface area (Å²) in [4.78, 5) is 25.6. The molecule has 0 spiro atoms. The first-order valence-electron chi connectivity index (χ1n) is 7.90. The summed E-state index contributed by atoms with van der Waals surface area (Å²) < 4.78 is 18.7. The third-order valence-electron chi connectivity index (χ3n) is 4.67. The standard InChI is InChI=1S/C17H22FNO5/c1-3-7-17(16(22)23)8-9-19(10-13(17)20)15(21)11-5-4-6-12(18)14(11)24-2/h4-6,13,20H,3,7-10H2,1-2H3,(H,22,23)/t13-,17-/m0/s1. The van der Waals surface area contributed by atoms with Crippen LogP contribution in [0.4, 0.5) is 4.39 Å². The van der Waals surface area contributed by atoms with Crippen molar-refractivity contribution in [3.05, 3.63) is 29.6 Å². The predicted molar refractivity (Wildman–Crippen MR) is 84.5 cm³/mol. The molecule has 1 saturated heterocycles. The summed E-state index contributed by atoms with van der Waals surface area (Å²) >= 11 is 0.